The van der Waals surface area contributed by atoms with Crippen LogP contribution in [0.4, 0.5) is 18.9 Å². The molecule has 1 aromatic carbocycles. The molecule has 0 aliphatic carbocycles. The summed E-state index contributed by atoms with van der Waals surface area (Å²) in [6, 6.07) is 1.73. The molecule has 1 saturated heterocycles. The van der Waals surface area contributed by atoms with Gasteiger partial charge in [0.05, 0.1) is 5.69 Å². The lowest BCUT2D eigenvalue weighted by atomic mass is 9.98. The topological polar surface area (TPSA) is 68.8 Å². The first-order valence-corrected chi connectivity index (χ1v) is 9.95. The molecule has 0 atom stereocenters. The summed E-state index contributed by atoms with van der Waals surface area (Å²) in [7, 11) is 0. The Bertz CT molecular complexity index is 739. The van der Waals surface area contributed by atoms with Gasteiger partial charge in [0.25, 0.3) is 0 Å². The Morgan fingerprint density at radius 1 is 1.10 bits per heavy atom. The van der Waals surface area contributed by atoms with Gasteiger partial charge in [-0.3, -0.25) is 9.69 Å². The van der Waals surface area contributed by atoms with E-state index in [4.69, 9.17) is 0 Å². The predicted octanol–water partition coefficient (Wildman–Crippen LogP) is 3.48. The maximum absolute atomic E-state index is 13.7. The Kier molecular flexibility index (Phi) is 10.9. The van der Waals surface area contributed by atoms with Crippen LogP contribution in [0.25, 0.3) is 0 Å². The average Bonchev–Trinajstić information content (AvgIpc) is 2.71. The van der Waals surface area contributed by atoms with E-state index in [2.05, 4.69) is 39.7 Å². The highest BCUT2D eigenvalue weighted by atomic mass is 127. The predicted molar refractivity (Wildman–Crippen MR) is 124 cm³/mol. The Morgan fingerprint density at radius 3 is 2.40 bits per heavy atom. The normalized spacial score (nSPS) is 15.3. The van der Waals surface area contributed by atoms with Crippen molar-refractivity contribution in [1.82, 2.24) is 15.5 Å². The first-order valence-electron chi connectivity index (χ1n) is 9.95. The van der Waals surface area contributed by atoms with Crippen molar-refractivity contribution in [3.8, 4) is 0 Å². The van der Waals surface area contributed by atoms with Gasteiger partial charge in [-0.2, -0.15) is 0 Å². The van der Waals surface area contributed by atoms with Crippen molar-refractivity contribution in [2.45, 2.75) is 45.6 Å². The molecule has 10 heteroatoms. The van der Waals surface area contributed by atoms with E-state index in [0.717, 1.165) is 25.2 Å². The number of benzene rings is 1. The molecular formula is C20H31F3IN5O. The molecular weight excluding hydrogens is 510 g/mol. The van der Waals surface area contributed by atoms with Crippen LogP contribution < -0.4 is 16.0 Å². The monoisotopic (exact) mass is 541 g/mol. The Morgan fingerprint density at radius 2 is 1.77 bits per heavy atom. The number of hydrogen-bond donors (Lipinski definition) is 3. The van der Waals surface area contributed by atoms with Gasteiger partial charge in [-0.05, 0) is 58.8 Å². The van der Waals surface area contributed by atoms with E-state index in [0.29, 0.717) is 19.0 Å². The Hall–Kier alpha value is -1.56. The lowest BCUT2D eigenvalue weighted by Crippen LogP contribution is -2.55. The number of hydrogen-bond acceptors (Lipinski definition) is 3. The summed E-state index contributed by atoms with van der Waals surface area (Å²) in [5.74, 6) is -4.55. The second-order valence-corrected chi connectivity index (χ2v) is 7.68. The van der Waals surface area contributed by atoms with Crippen LogP contribution in [0.15, 0.2) is 17.1 Å². The average molecular weight is 541 g/mol. The van der Waals surface area contributed by atoms with Crippen molar-refractivity contribution in [1.29, 1.82) is 0 Å². The minimum absolute atomic E-state index is 0. The lowest BCUT2D eigenvalue weighted by Gasteiger charge is -2.41. The molecule has 0 unspecified atom stereocenters. The van der Waals surface area contributed by atoms with Crippen LogP contribution in [-0.2, 0) is 4.79 Å². The summed E-state index contributed by atoms with van der Waals surface area (Å²) < 4.78 is 39.9. The number of nitrogens with zero attached hydrogens (tertiary/aromatic N) is 2. The van der Waals surface area contributed by atoms with Crippen LogP contribution in [0.1, 0.15) is 40.0 Å². The maximum Gasteiger partial charge on any atom is 0.246 e. The van der Waals surface area contributed by atoms with E-state index in [1.807, 2.05) is 6.92 Å². The zero-order valence-corrected chi connectivity index (χ0v) is 20.0. The number of amides is 1. The molecule has 3 N–H and O–H groups in total. The van der Waals surface area contributed by atoms with Gasteiger partial charge in [-0.15, -0.1) is 24.0 Å². The number of likely N-dealkylation sites (tertiary alicyclic amines) is 1. The van der Waals surface area contributed by atoms with Gasteiger partial charge in [0, 0.05) is 18.6 Å². The van der Waals surface area contributed by atoms with Gasteiger partial charge >= 0.3 is 0 Å². The number of anilines is 1. The quantitative estimate of drug-likeness (QED) is 0.214. The molecule has 0 bridgehead atoms. The van der Waals surface area contributed by atoms with Gasteiger partial charge in [0.15, 0.2) is 23.4 Å². The second-order valence-electron chi connectivity index (χ2n) is 7.68. The fourth-order valence-electron chi connectivity index (χ4n) is 3.22. The summed E-state index contributed by atoms with van der Waals surface area (Å²) in [6.07, 6.45) is 3.65. The smallest absolute Gasteiger partial charge is 0.246 e. The number of rotatable bonds is 7. The van der Waals surface area contributed by atoms with Crippen LogP contribution in [0, 0.1) is 17.5 Å². The summed E-state index contributed by atoms with van der Waals surface area (Å²) in [4.78, 5) is 18.7. The Balaban J connectivity index is 0.00000450. The van der Waals surface area contributed by atoms with Gasteiger partial charge in [-0.25, -0.2) is 18.2 Å². The van der Waals surface area contributed by atoms with Gasteiger partial charge in [0.2, 0.25) is 5.91 Å². The first kappa shape index (κ1) is 26.5. The second kappa shape index (κ2) is 12.3. The van der Waals surface area contributed by atoms with Crippen molar-refractivity contribution in [2.24, 2.45) is 4.99 Å². The molecule has 1 heterocycles. The molecule has 30 heavy (non-hydrogen) atoms. The third-order valence-corrected chi connectivity index (χ3v) is 4.93. The summed E-state index contributed by atoms with van der Waals surface area (Å²) >= 11 is 0. The van der Waals surface area contributed by atoms with E-state index < -0.39 is 29.0 Å². The highest BCUT2D eigenvalue weighted by Gasteiger charge is 2.28. The molecule has 1 amide bonds. The summed E-state index contributed by atoms with van der Waals surface area (Å²) in [5, 5.41) is 8.51. The van der Waals surface area contributed by atoms with Crippen molar-refractivity contribution >= 4 is 41.5 Å². The zero-order chi connectivity index (χ0) is 21.4. The maximum atomic E-state index is 13.7. The van der Waals surface area contributed by atoms with E-state index in [-0.39, 0.29) is 36.1 Å². The fraction of sp³-hybridized carbons (Fsp3) is 0.600. The van der Waals surface area contributed by atoms with Crippen LogP contribution in [0.2, 0.25) is 0 Å². The third kappa shape index (κ3) is 7.60. The molecule has 6 nitrogen and oxygen atoms in total. The third-order valence-electron chi connectivity index (χ3n) is 4.93. The van der Waals surface area contributed by atoms with Crippen molar-refractivity contribution < 1.29 is 18.0 Å². The summed E-state index contributed by atoms with van der Waals surface area (Å²) in [6.45, 7) is 9.30. The van der Waals surface area contributed by atoms with Gasteiger partial charge in [-0.1, -0.05) is 6.42 Å². The molecule has 1 aliphatic heterocycles. The highest BCUT2D eigenvalue weighted by Crippen LogP contribution is 2.20. The van der Waals surface area contributed by atoms with E-state index in [1.165, 1.54) is 19.3 Å². The molecule has 0 spiro atoms. The molecule has 170 valence electrons. The summed E-state index contributed by atoms with van der Waals surface area (Å²) in [5.41, 5.74) is -0.499. The van der Waals surface area contributed by atoms with E-state index in [9.17, 15) is 18.0 Å². The van der Waals surface area contributed by atoms with Crippen molar-refractivity contribution in [3.63, 3.8) is 0 Å². The highest BCUT2D eigenvalue weighted by molar-refractivity contribution is 14.0. The number of nitrogens with one attached hydrogen (secondary N) is 3. The largest absolute Gasteiger partial charge is 0.357 e. The van der Waals surface area contributed by atoms with Crippen LogP contribution in [0.5, 0.6) is 0 Å². The number of carbonyl (C=O) groups excluding carboxylic acids is 1. The van der Waals surface area contributed by atoms with Crippen molar-refractivity contribution in [2.75, 3.05) is 38.0 Å². The first-order chi connectivity index (χ1) is 13.7. The molecule has 0 radical (unpaired) electrons. The van der Waals surface area contributed by atoms with E-state index >= 15 is 0 Å². The van der Waals surface area contributed by atoms with Crippen molar-refractivity contribution in [3.05, 3.63) is 29.6 Å². The SMILES string of the molecule is CCNC(=NCC(=O)Nc1ccc(F)c(F)c1F)NCC(C)(C)N1CCCCC1.I. The minimum atomic E-state index is -1.62. The number of piperidine rings is 1. The number of halogens is 4. The van der Waals surface area contributed by atoms with Crippen LogP contribution >= 0.6 is 24.0 Å². The molecule has 1 aromatic rings. The Labute approximate surface area is 193 Å². The molecule has 0 saturated carbocycles. The standard InChI is InChI=1S/C20H30F3N5O.HI/c1-4-24-19(26-13-20(2,3)28-10-6-5-7-11-28)25-12-16(29)27-15-9-8-14(21)17(22)18(15)23;/h8-9H,4-7,10-13H2,1-3H3,(H,27,29)(H2,24,25,26);1H. The molecule has 1 aliphatic rings. The molecule has 2 rings (SSSR count). The number of carbonyl (C=O) groups is 1. The van der Waals surface area contributed by atoms with Gasteiger partial charge in [0.1, 0.15) is 6.54 Å². The number of guanidine groups is 1. The van der Waals surface area contributed by atoms with E-state index in [1.54, 1.807) is 0 Å². The van der Waals surface area contributed by atoms with Crippen LogP contribution in [0.3, 0.4) is 0 Å². The molecule has 0 aromatic heterocycles. The fourth-order valence-corrected chi connectivity index (χ4v) is 3.22. The lowest BCUT2D eigenvalue weighted by molar-refractivity contribution is -0.114. The van der Waals surface area contributed by atoms with Gasteiger partial charge < -0.3 is 16.0 Å². The zero-order valence-electron chi connectivity index (χ0n) is 17.7. The minimum Gasteiger partial charge on any atom is -0.357 e. The molecule has 1 fully saturated rings. The van der Waals surface area contributed by atoms with Crippen LogP contribution in [-0.4, -0.2) is 55.0 Å². The number of aliphatic imine (C=N–C) groups is 1.